The molecule has 22 heavy (non-hydrogen) atoms. The van der Waals surface area contributed by atoms with Crippen molar-refractivity contribution in [2.45, 2.75) is 0 Å². The van der Waals surface area contributed by atoms with Gasteiger partial charge in [0, 0.05) is 6.20 Å². The van der Waals surface area contributed by atoms with Crippen LogP contribution in [0.1, 0.15) is 5.56 Å². The van der Waals surface area contributed by atoms with Gasteiger partial charge in [-0.15, -0.1) is 0 Å². The van der Waals surface area contributed by atoms with Crippen LogP contribution >= 0.6 is 0 Å². The number of nitriles is 1. The number of nitrogens with zero attached hydrogens (tertiary/aromatic N) is 3. The van der Waals surface area contributed by atoms with Crippen molar-refractivity contribution in [3.05, 3.63) is 72.4 Å². The summed E-state index contributed by atoms with van der Waals surface area (Å²) in [6.07, 6.45) is 1.69. The molecule has 0 aliphatic carbocycles. The van der Waals surface area contributed by atoms with E-state index in [0.717, 1.165) is 22.9 Å². The van der Waals surface area contributed by atoms with Crippen molar-refractivity contribution in [2.24, 2.45) is 0 Å². The number of ether oxygens (including phenoxy) is 1. The molecule has 0 unspecified atom stereocenters. The number of benzene rings is 2. The molecule has 0 atom stereocenters. The molecule has 1 aliphatic rings. The average Bonchev–Trinajstić information content (AvgIpc) is 2.59. The number of pyridine rings is 1. The minimum atomic E-state index is 0.522. The van der Waals surface area contributed by atoms with Gasteiger partial charge in [-0.2, -0.15) is 5.26 Å². The predicted molar refractivity (Wildman–Crippen MR) is 83.7 cm³/mol. The molecule has 0 saturated heterocycles. The standard InChI is InChI=1S/C18H11N3O/c19-12-13-6-5-11-20-18(13)21-14-7-1-3-9-16(14)22-17-10-4-2-8-15(17)21/h1-11H. The van der Waals surface area contributed by atoms with Crippen molar-refractivity contribution in [1.82, 2.24) is 4.98 Å². The summed E-state index contributed by atoms with van der Waals surface area (Å²) in [6, 6.07) is 21.2. The molecule has 0 spiro atoms. The number of para-hydroxylation sites is 4. The molecule has 0 radical (unpaired) electrons. The third-order valence-electron chi connectivity index (χ3n) is 3.55. The number of anilines is 3. The monoisotopic (exact) mass is 285 g/mol. The first kappa shape index (κ1) is 12.4. The minimum absolute atomic E-state index is 0.522. The second-order valence-corrected chi connectivity index (χ2v) is 4.86. The number of fused-ring (bicyclic) bond motifs is 2. The van der Waals surface area contributed by atoms with Crippen molar-refractivity contribution in [3.8, 4) is 17.6 Å². The fourth-order valence-corrected chi connectivity index (χ4v) is 2.60. The lowest BCUT2D eigenvalue weighted by molar-refractivity contribution is 0.476. The lowest BCUT2D eigenvalue weighted by Crippen LogP contribution is -2.17. The summed E-state index contributed by atoms with van der Waals surface area (Å²) in [5.41, 5.74) is 2.27. The predicted octanol–water partition coefficient (Wildman–Crippen LogP) is 4.53. The van der Waals surface area contributed by atoms with E-state index in [-0.39, 0.29) is 0 Å². The molecular weight excluding hydrogens is 274 g/mol. The Hall–Kier alpha value is -3.32. The topological polar surface area (TPSA) is 49.2 Å². The Labute approximate surface area is 127 Å². The van der Waals surface area contributed by atoms with Crippen molar-refractivity contribution in [1.29, 1.82) is 5.26 Å². The number of aromatic nitrogens is 1. The fraction of sp³-hybridized carbons (Fsp3) is 0. The molecule has 4 rings (SSSR count). The largest absolute Gasteiger partial charge is 0.453 e. The summed E-state index contributed by atoms with van der Waals surface area (Å²) in [5.74, 6) is 2.10. The Morgan fingerprint density at radius 2 is 1.50 bits per heavy atom. The number of rotatable bonds is 1. The van der Waals surface area contributed by atoms with Gasteiger partial charge in [-0.25, -0.2) is 4.98 Å². The molecule has 1 aromatic heterocycles. The molecule has 0 N–H and O–H groups in total. The van der Waals surface area contributed by atoms with Gasteiger partial charge in [0.05, 0.1) is 16.9 Å². The quantitative estimate of drug-likeness (QED) is 0.515. The van der Waals surface area contributed by atoms with Crippen LogP contribution in [0.2, 0.25) is 0 Å². The van der Waals surface area contributed by atoms with E-state index < -0.39 is 0 Å². The van der Waals surface area contributed by atoms with Crippen LogP contribution in [0.5, 0.6) is 11.5 Å². The van der Waals surface area contributed by atoms with Gasteiger partial charge < -0.3 is 4.74 Å². The summed E-state index contributed by atoms with van der Waals surface area (Å²) in [7, 11) is 0. The van der Waals surface area contributed by atoms with Crippen LogP contribution in [-0.4, -0.2) is 4.98 Å². The highest BCUT2D eigenvalue weighted by Gasteiger charge is 2.27. The highest BCUT2D eigenvalue weighted by molar-refractivity contribution is 5.86. The van der Waals surface area contributed by atoms with Crippen LogP contribution in [0, 0.1) is 11.3 Å². The van der Waals surface area contributed by atoms with E-state index in [1.165, 1.54) is 0 Å². The maximum Gasteiger partial charge on any atom is 0.155 e. The summed E-state index contributed by atoms with van der Waals surface area (Å²) >= 11 is 0. The molecule has 1 aliphatic heterocycles. The van der Waals surface area contributed by atoms with Gasteiger partial charge in [0.25, 0.3) is 0 Å². The maximum atomic E-state index is 9.40. The SMILES string of the molecule is N#Cc1cccnc1N1c2ccccc2Oc2ccccc21. The van der Waals surface area contributed by atoms with Gasteiger partial charge in [0.15, 0.2) is 17.3 Å². The van der Waals surface area contributed by atoms with Gasteiger partial charge in [-0.3, -0.25) is 4.90 Å². The zero-order valence-electron chi connectivity index (χ0n) is 11.6. The molecule has 2 heterocycles. The molecule has 4 heteroatoms. The van der Waals surface area contributed by atoms with Gasteiger partial charge >= 0.3 is 0 Å². The van der Waals surface area contributed by atoms with E-state index in [1.54, 1.807) is 18.3 Å². The molecule has 4 nitrogen and oxygen atoms in total. The van der Waals surface area contributed by atoms with Crippen LogP contribution < -0.4 is 9.64 Å². The normalized spacial score (nSPS) is 11.9. The Balaban J connectivity index is 2.01. The molecule has 0 bridgehead atoms. The van der Waals surface area contributed by atoms with Gasteiger partial charge in [0.2, 0.25) is 0 Å². The third-order valence-corrected chi connectivity index (χ3v) is 3.55. The molecule has 0 fully saturated rings. The molecular formula is C18H11N3O. The number of hydrogen-bond acceptors (Lipinski definition) is 4. The fourth-order valence-electron chi connectivity index (χ4n) is 2.60. The first-order valence-corrected chi connectivity index (χ1v) is 6.89. The van der Waals surface area contributed by atoms with Crippen molar-refractivity contribution < 1.29 is 4.74 Å². The van der Waals surface area contributed by atoms with Crippen LogP contribution in [-0.2, 0) is 0 Å². The van der Waals surface area contributed by atoms with Crippen molar-refractivity contribution >= 4 is 17.2 Å². The molecule has 2 aromatic carbocycles. The van der Waals surface area contributed by atoms with E-state index in [4.69, 9.17) is 4.74 Å². The Bertz CT molecular complexity index is 853. The molecule has 3 aromatic rings. The van der Waals surface area contributed by atoms with Crippen LogP contribution in [0.25, 0.3) is 0 Å². The maximum absolute atomic E-state index is 9.40. The van der Waals surface area contributed by atoms with Gasteiger partial charge in [-0.1, -0.05) is 24.3 Å². The van der Waals surface area contributed by atoms with Crippen molar-refractivity contribution in [2.75, 3.05) is 4.90 Å². The third kappa shape index (κ3) is 1.80. The Morgan fingerprint density at radius 1 is 0.864 bits per heavy atom. The van der Waals surface area contributed by atoms with E-state index in [1.807, 2.05) is 53.4 Å². The summed E-state index contributed by atoms with van der Waals surface area (Å²) < 4.78 is 5.95. The molecule has 0 saturated carbocycles. The Kier molecular flexibility index (Phi) is 2.77. The minimum Gasteiger partial charge on any atom is -0.453 e. The number of hydrogen-bond donors (Lipinski definition) is 0. The summed E-state index contributed by atoms with van der Waals surface area (Å²) in [4.78, 5) is 6.38. The first-order chi connectivity index (χ1) is 10.9. The second-order valence-electron chi connectivity index (χ2n) is 4.86. The highest BCUT2D eigenvalue weighted by Crippen LogP contribution is 2.49. The smallest absolute Gasteiger partial charge is 0.155 e. The molecule has 0 amide bonds. The van der Waals surface area contributed by atoms with Crippen LogP contribution in [0.15, 0.2) is 66.9 Å². The van der Waals surface area contributed by atoms with Gasteiger partial charge in [-0.05, 0) is 36.4 Å². The summed E-state index contributed by atoms with van der Waals surface area (Å²) in [5, 5.41) is 9.40. The van der Waals surface area contributed by atoms with E-state index in [9.17, 15) is 5.26 Å². The van der Waals surface area contributed by atoms with E-state index in [2.05, 4.69) is 11.1 Å². The zero-order valence-corrected chi connectivity index (χ0v) is 11.6. The average molecular weight is 285 g/mol. The van der Waals surface area contributed by atoms with E-state index >= 15 is 0 Å². The second kappa shape index (κ2) is 4.90. The molecule has 104 valence electrons. The van der Waals surface area contributed by atoms with Crippen LogP contribution in [0.3, 0.4) is 0 Å². The Morgan fingerprint density at radius 3 is 2.14 bits per heavy atom. The van der Waals surface area contributed by atoms with Gasteiger partial charge in [0.1, 0.15) is 6.07 Å². The highest BCUT2D eigenvalue weighted by atomic mass is 16.5. The van der Waals surface area contributed by atoms with Crippen molar-refractivity contribution in [3.63, 3.8) is 0 Å². The lowest BCUT2D eigenvalue weighted by atomic mass is 10.1. The zero-order chi connectivity index (χ0) is 14.9. The first-order valence-electron chi connectivity index (χ1n) is 6.89. The lowest BCUT2D eigenvalue weighted by Gasteiger charge is -2.32. The van der Waals surface area contributed by atoms with Crippen LogP contribution in [0.4, 0.5) is 17.2 Å². The van der Waals surface area contributed by atoms with E-state index in [0.29, 0.717) is 11.4 Å². The summed E-state index contributed by atoms with van der Waals surface area (Å²) in [6.45, 7) is 0.